The summed E-state index contributed by atoms with van der Waals surface area (Å²) in [6.07, 6.45) is -2.81. The van der Waals surface area contributed by atoms with Crippen LogP contribution in [0.3, 0.4) is 0 Å². The summed E-state index contributed by atoms with van der Waals surface area (Å²) in [7, 11) is 0. The molecule has 1 N–H and O–H groups in total. The minimum atomic E-state index is -4.45. The molecule has 0 spiro atoms. The number of nitrogens with zero attached hydrogens (tertiary/aromatic N) is 3. The molecule has 0 atom stereocenters. The first kappa shape index (κ1) is 13.1. The van der Waals surface area contributed by atoms with Crippen molar-refractivity contribution in [2.75, 3.05) is 24.6 Å². The second kappa shape index (κ2) is 5.09. The van der Waals surface area contributed by atoms with Crippen molar-refractivity contribution < 1.29 is 18.3 Å². The highest BCUT2D eigenvalue weighted by molar-refractivity contribution is 5.38. The van der Waals surface area contributed by atoms with Crippen molar-refractivity contribution in [1.29, 1.82) is 0 Å². The Morgan fingerprint density at radius 1 is 1.22 bits per heavy atom. The fraction of sp³-hybridized carbons (Fsp3) is 0.636. The first-order valence-corrected chi connectivity index (χ1v) is 5.77. The number of anilines is 1. The van der Waals surface area contributed by atoms with Crippen molar-refractivity contribution in [3.05, 3.63) is 17.8 Å². The summed E-state index contributed by atoms with van der Waals surface area (Å²) in [6.45, 7) is 1.53. The quantitative estimate of drug-likeness (QED) is 0.880. The molecule has 100 valence electrons. The smallest absolute Gasteiger partial charge is 0.396 e. The van der Waals surface area contributed by atoms with E-state index in [1.54, 1.807) is 0 Å². The van der Waals surface area contributed by atoms with Gasteiger partial charge in [-0.15, -0.1) is 10.2 Å². The van der Waals surface area contributed by atoms with E-state index in [9.17, 15) is 13.2 Å². The number of halogens is 3. The lowest BCUT2D eigenvalue weighted by molar-refractivity contribution is -0.141. The molecule has 1 aliphatic heterocycles. The predicted molar refractivity (Wildman–Crippen MR) is 59.1 cm³/mol. The summed E-state index contributed by atoms with van der Waals surface area (Å²) < 4.78 is 36.9. The average molecular weight is 261 g/mol. The van der Waals surface area contributed by atoms with Crippen LogP contribution in [0.4, 0.5) is 19.0 Å². The predicted octanol–water partition coefficient (Wildman–Crippen LogP) is 1.70. The number of hydrogen-bond donors (Lipinski definition) is 1. The number of aromatic nitrogens is 2. The van der Waals surface area contributed by atoms with Gasteiger partial charge in [0.2, 0.25) is 0 Å². The molecule has 2 rings (SSSR count). The molecule has 18 heavy (non-hydrogen) atoms. The van der Waals surface area contributed by atoms with E-state index in [1.807, 2.05) is 4.90 Å². The first-order valence-electron chi connectivity index (χ1n) is 5.77. The van der Waals surface area contributed by atoms with Crippen LogP contribution in [-0.2, 0) is 6.18 Å². The molecule has 0 amide bonds. The largest absolute Gasteiger partial charge is 0.435 e. The van der Waals surface area contributed by atoms with Crippen molar-refractivity contribution in [2.24, 2.45) is 5.92 Å². The molecule has 0 aliphatic carbocycles. The monoisotopic (exact) mass is 261 g/mol. The van der Waals surface area contributed by atoms with Crippen LogP contribution in [0.2, 0.25) is 0 Å². The number of aliphatic hydroxyl groups excluding tert-OH is 1. The second-order valence-corrected chi connectivity index (χ2v) is 4.39. The van der Waals surface area contributed by atoms with Gasteiger partial charge in [0.15, 0.2) is 11.5 Å². The average Bonchev–Trinajstić information content (AvgIpc) is 2.38. The summed E-state index contributed by atoms with van der Waals surface area (Å²) in [6, 6.07) is 2.29. The zero-order chi connectivity index (χ0) is 13.2. The summed E-state index contributed by atoms with van der Waals surface area (Å²) in [5.74, 6) is 0.739. The van der Waals surface area contributed by atoms with E-state index >= 15 is 0 Å². The van der Waals surface area contributed by atoms with Gasteiger partial charge in [0.05, 0.1) is 0 Å². The van der Waals surface area contributed by atoms with Crippen molar-refractivity contribution in [2.45, 2.75) is 19.0 Å². The summed E-state index contributed by atoms with van der Waals surface area (Å²) >= 11 is 0. The van der Waals surface area contributed by atoms with Crippen molar-refractivity contribution >= 4 is 5.82 Å². The van der Waals surface area contributed by atoms with E-state index in [2.05, 4.69) is 10.2 Å². The molecule has 1 aromatic heterocycles. The van der Waals surface area contributed by atoms with E-state index in [0.29, 0.717) is 18.9 Å². The van der Waals surface area contributed by atoms with Gasteiger partial charge in [0.1, 0.15) is 0 Å². The van der Waals surface area contributed by atoms with Gasteiger partial charge in [-0.1, -0.05) is 0 Å². The lowest BCUT2D eigenvalue weighted by Gasteiger charge is -2.31. The minimum absolute atomic E-state index is 0.159. The van der Waals surface area contributed by atoms with Crippen LogP contribution in [0.15, 0.2) is 12.1 Å². The van der Waals surface area contributed by atoms with Gasteiger partial charge >= 0.3 is 6.18 Å². The molecule has 1 fully saturated rings. The van der Waals surface area contributed by atoms with Crippen LogP contribution in [0.25, 0.3) is 0 Å². The number of rotatable bonds is 2. The van der Waals surface area contributed by atoms with Crippen LogP contribution in [0.5, 0.6) is 0 Å². The third kappa shape index (κ3) is 2.90. The SMILES string of the molecule is OCC1CCN(c2ccc(C(F)(F)F)nn2)CC1. The van der Waals surface area contributed by atoms with E-state index in [1.165, 1.54) is 6.07 Å². The first-order chi connectivity index (χ1) is 8.50. The molecule has 1 aromatic rings. The van der Waals surface area contributed by atoms with Crippen molar-refractivity contribution in [3.63, 3.8) is 0 Å². The Labute approximate surface area is 102 Å². The van der Waals surface area contributed by atoms with Gasteiger partial charge in [-0.25, -0.2) is 0 Å². The Balaban J connectivity index is 2.02. The van der Waals surface area contributed by atoms with Gasteiger partial charge in [-0.3, -0.25) is 0 Å². The van der Waals surface area contributed by atoms with Crippen LogP contribution in [0, 0.1) is 5.92 Å². The maximum atomic E-state index is 12.3. The molecule has 0 aromatic carbocycles. The Morgan fingerprint density at radius 2 is 1.89 bits per heavy atom. The zero-order valence-electron chi connectivity index (χ0n) is 9.69. The third-order valence-corrected chi connectivity index (χ3v) is 3.14. The fourth-order valence-electron chi connectivity index (χ4n) is 1.99. The Kier molecular flexibility index (Phi) is 3.70. The van der Waals surface area contributed by atoms with Gasteiger partial charge in [0, 0.05) is 19.7 Å². The highest BCUT2D eigenvalue weighted by Gasteiger charge is 2.33. The molecule has 0 bridgehead atoms. The van der Waals surface area contributed by atoms with Gasteiger partial charge in [-0.2, -0.15) is 13.2 Å². The molecule has 4 nitrogen and oxygen atoms in total. The van der Waals surface area contributed by atoms with Crippen LogP contribution in [-0.4, -0.2) is 35.0 Å². The molecule has 0 unspecified atom stereocenters. The molecule has 1 saturated heterocycles. The van der Waals surface area contributed by atoms with Gasteiger partial charge < -0.3 is 10.0 Å². The second-order valence-electron chi connectivity index (χ2n) is 4.39. The molecular formula is C11H14F3N3O. The summed E-state index contributed by atoms with van der Waals surface area (Å²) in [4.78, 5) is 1.89. The fourth-order valence-corrected chi connectivity index (χ4v) is 1.99. The number of aliphatic hydroxyl groups is 1. The minimum Gasteiger partial charge on any atom is -0.396 e. The topological polar surface area (TPSA) is 49.2 Å². The number of alkyl halides is 3. The lowest BCUT2D eigenvalue weighted by Crippen LogP contribution is -2.35. The highest BCUT2D eigenvalue weighted by atomic mass is 19.4. The Bertz CT molecular complexity index is 386. The van der Waals surface area contributed by atoms with E-state index in [0.717, 1.165) is 18.9 Å². The summed E-state index contributed by atoms with van der Waals surface area (Å²) in [5, 5.41) is 15.8. The normalized spacial score (nSPS) is 18.1. The Morgan fingerprint density at radius 3 is 2.33 bits per heavy atom. The molecular weight excluding hydrogens is 247 g/mol. The van der Waals surface area contributed by atoms with E-state index < -0.39 is 11.9 Å². The molecule has 7 heteroatoms. The van der Waals surface area contributed by atoms with Crippen LogP contribution < -0.4 is 4.90 Å². The van der Waals surface area contributed by atoms with Gasteiger partial charge in [0.25, 0.3) is 0 Å². The number of piperidine rings is 1. The third-order valence-electron chi connectivity index (χ3n) is 3.14. The maximum Gasteiger partial charge on any atom is 0.435 e. The van der Waals surface area contributed by atoms with Crippen molar-refractivity contribution in [3.8, 4) is 0 Å². The standard InChI is InChI=1S/C11H14F3N3O/c12-11(13,14)9-1-2-10(16-15-9)17-5-3-8(7-18)4-6-17/h1-2,8,18H,3-7H2. The lowest BCUT2D eigenvalue weighted by atomic mass is 9.98. The molecule has 2 heterocycles. The highest BCUT2D eigenvalue weighted by Crippen LogP contribution is 2.28. The maximum absolute atomic E-state index is 12.3. The number of hydrogen-bond acceptors (Lipinski definition) is 4. The van der Waals surface area contributed by atoms with E-state index in [4.69, 9.17) is 5.11 Å². The zero-order valence-corrected chi connectivity index (χ0v) is 9.69. The molecule has 1 aliphatic rings. The molecule has 0 radical (unpaired) electrons. The van der Waals surface area contributed by atoms with Crippen LogP contribution >= 0.6 is 0 Å². The summed E-state index contributed by atoms with van der Waals surface area (Å²) in [5.41, 5.74) is -0.975. The van der Waals surface area contributed by atoms with Crippen molar-refractivity contribution in [1.82, 2.24) is 10.2 Å². The van der Waals surface area contributed by atoms with Crippen LogP contribution in [0.1, 0.15) is 18.5 Å². The molecule has 0 saturated carbocycles. The van der Waals surface area contributed by atoms with Gasteiger partial charge in [-0.05, 0) is 30.9 Å². The van der Waals surface area contributed by atoms with E-state index in [-0.39, 0.29) is 12.5 Å². The Hall–Kier alpha value is -1.37.